The van der Waals surface area contributed by atoms with Crippen molar-refractivity contribution in [2.24, 2.45) is 5.73 Å². The zero-order valence-corrected chi connectivity index (χ0v) is 19.1. The Morgan fingerprint density at radius 3 is 2.56 bits per heavy atom. The molecule has 1 aliphatic rings. The maximum absolute atomic E-state index is 12.8. The fraction of sp³-hybridized carbons (Fsp3) is 0.308. The summed E-state index contributed by atoms with van der Waals surface area (Å²) in [6.45, 7) is 0.505. The molecule has 0 radical (unpaired) electrons. The highest BCUT2D eigenvalue weighted by atomic mass is 16.3. The number of nitrogens with zero attached hydrogens (tertiary/aromatic N) is 3. The molecule has 0 unspecified atom stereocenters. The number of pyridine rings is 2. The number of hydrogen-bond donors (Lipinski definition) is 3. The van der Waals surface area contributed by atoms with Crippen molar-refractivity contribution in [3.8, 4) is 0 Å². The number of aromatic nitrogens is 2. The van der Waals surface area contributed by atoms with Crippen molar-refractivity contribution < 1.29 is 14.7 Å². The van der Waals surface area contributed by atoms with Crippen molar-refractivity contribution in [1.82, 2.24) is 20.2 Å². The molecule has 0 spiro atoms. The molecule has 0 aliphatic carbocycles. The number of primary amides is 1. The Balaban J connectivity index is 1.30. The fourth-order valence-corrected chi connectivity index (χ4v) is 4.34. The van der Waals surface area contributed by atoms with Gasteiger partial charge in [0, 0.05) is 55.4 Å². The lowest BCUT2D eigenvalue weighted by Crippen LogP contribution is -2.35. The van der Waals surface area contributed by atoms with E-state index in [-0.39, 0.29) is 23.7 Å². The first-order valence-corrected chi connectivity index (χ1v) is 11.3. The third kappa shape index (κ3) is 5.65. The molecule has 0 saturated carbocycles. The van der Waals surface area contributed by atoms with Crippen LogP contribution in [0.5, 0.6) is 0 Å². The largest absolute Gasteiger partial charge is 0.387 e. The van der Waals surface area contributed by atoms with E-state index in [1.807, 2.05) is 36.4 Å². The van der Waals surface area contributed by atoms with Gasteiger partial charge < -0.3 is 21.1 Å². The summed E-state index contributed by atoms with van der Waals surface area (Å²) >= 11 is 0. The molecule has 2 aromatic heterocycles. The van der Waals surface area contributed by atoms with Crippen molar-refractivity contribution >= 4 is 11.8 Å². The number of benzene rings is 1. The van der Waals surface area contributed by atoms with Crippen LogP contribution in [0.2, 0.25) is 0 Å². The standard InChI is InChI=1S/C26H29N5O3/c1-31(16-18-3-2-12-28-14-18)26(34)19-6-4-17(5-7-19)13-21-9-11-22(30-21)24(32)20-8-10-23(25(27)33)29-15-20/h2-8,10,12,14-15,21-22,24,30,32H,9,11,13,16H2,1H3,(H2,27,33)/t21-,22+,24+/m0/s1. The van der Waals surface area contributed by atoms with Gasteiger partial charge in [0.15, 0.2) is 0 Å². The molecule has 1 fully saturated rings. The van der Waals surface area contributed by atoms with Crippen molar-refractivity contribution in [1.29, 1.82) is 0 Å². The van der Waals surface area contributed by atoms with Crippen LogP contribution in [0, 0.1) is 0 Å². The minimum absolute atomic E-state index is 0.0338. The molecule has 4 rings (SSSR count). The van der Waals surface area contributed by atoms with Gasteiger partial charge in [-0.05, 0) is 54.7 Å². The van der Waals surface area contributed by atoms with E-state index in [9.17, 15) is 14.7 Å². The number of amides is 2. The van der Waals surface area contributed by atoms with Gasteiger partial charge in [0.25, 0.3) is 11.8 Å². The maximum atomic E-state index is 12.8. The molecule has 34 heavy (non-hydrogen) atoms. The second kappa shape index (κ2) is 10.5. The zero-order chi connectivity index (χ0) is 24.1. The lowest BCUT2D eigenvalue weighted by atomic mass is 10.0. The number of carbonyl (C=O) groups is 2. The van der Waals surface area contributed by atoms with Gasteiger partial charge in [-0.25, -0.2) is 0 Å². The van der Waals surface area contributed by atoms with Gasteiger partial charge in [0.1, 0.15) is 5.69 Å². The van der Waals surface area contributed by atoms with E-state index < -0.39 is 12.0 Å². The van der Waals surface area contributed by atoms with E-state index in [1.54, 1.807) is 30.4 Å². The lowest BCUT2D eigenvalue weighted by Gasteiger charge is -2.20. The number of rotatable bonds is 8. The summed E-state index contributed by atoms with van der Waals surface area (Å²) in [5.41, 5.74) is 8.82. The highest BCUT2D eigenvalue weighted by Crippen LogP contribution is 2.26. The number of carbonyl (C=O) groups excluding carboxylic acids is 2. The number of aliphatic hydroxyl groups is 1. The molecule has 3 aromatic rings. The second-order valence-corrected chi connectivity index (χ2v) is 8.76. The predicted octanol–water partition coefficient (Wildman–Crippen LogP) is 2.24. The highest BCUT2D eigenvalue weighted by Gasteiger charge is 2.30. The Hall–Kier alpha value is -3.62. The molecular weight excluding hydrogens is 430 g/mol. The zero-order valence-electron chi connectivity index (χ0n) is 19.1. The molecule has 3 atom stereocenters. The quantitative estimate of drug-likeness (QED) is 0.475. The van der Waals surface area contributed by atoms with E-state index in [2.05, 4.69) is 15.3 Å². The van der Waals surface area contributed by atoms with Crippen LogP contribution in [0.1, 0.15) is 56.5 Å². The summed E-state index contributed by atoms with van der Waals surface area (Å²) in [6, 6.07) is 14.9. The van der Waals surface area contributed by atoms with Crippen molar-refractivity contribution in [3.63, 3.8) is 0 Å². The Morgan fingerprint density at radius 2 is 1.91 bits per heavy atom. The Morgan fingerprint density at radius 1 is 1.12 bits per heavy atom. The number of nitrogens with two attached hydrogens (primary N) is 1. The van der Waals surface area contributed by atoms with Crippen LogP contribution in [0.25, 0.3) is 0 Å². The van der Waals surface area contributed by atoms with Crippen LogP contribution in [0.4, 0.5) is 0 Å². The van der Waals surface area contributed by atoms with Gasteiger partial charge in [-0.3, -0.25) is 19.6 Å². The average molecular weight is 460 g/mol. The third-order valence-corrected chi connectivity index (χ3v) is 6.21. The van der Waals surface area contributed by atoms with Crippen molar-refractivity contribution in [2.75, 3.05) is 7.05 Å². The molecule has 8 nitrogen and oxygen atoms in total. The second-order valence-electron chi connectivity index (χ2n) is 8.76. The van der Waals surface area contributed by atoms with Gasteiger partial charge in [0.2, 0.25) is 0 Å². The topological polar surface area (TPSA) is 121 Å². The van der Waals surface area contributed by atoms with E-state index in [0.29, 0.717) is 17.7 Å². The summed E-state index contributed by atoms with van der Waals surface area (Å²) in [7, 11) is 1.79. The monoisotopic (exact) mass is 459 g/mol. The molecule has 8 heteroatoms. The van der Waals surface area contributed by atoms with Crippen molar-refractivity contribution in [3.05, 3.63) is 95.1 Å². The molecule has 4 N–H and O–H groups in total. The molecule has 2 amide bonds. The van der Waals surface area contributed by atoms with Crippen LogP contribution in [0.15, 0.2) is 67.1 Å². The molecule has 3 heterocycles. The first kappa shape index (κ1) is 23.5. The van der Waals surface area contributed by atoms with Gasteiger partial charge in [-0.1, -0.05) is 24.3 Å². The maximum Gasteiger partial charge on any atom is 0.267 e. The number of aliphatic hydroxyl groups excluding tert-OH is 1. The molecule has 1 saturated heterocycles. The minimum Gasteiger partial charge on any atom is -0.387 e. The van der Waals surface area contributed by atoms with Gasteiger partial charge >= 0.3 is 0 Å². The Labute approximate surface area is 198 Å². The molecule has 176 valence electrons. The molecular formula is C26H29N5O3. The average Bonchev–Trinajstić information content (AvgIpc) is 3.32. The van der Waals surface area contributed by atoms with Gasteiger partial charge in [-0.15, -0.1) is 0 Å². The van der Waals surface area contributed by atoms with Crippen LogP contribution < -0.4 is 11.1 Å². The molecule has 1 aliphatic heterocycles. The van der Waals surface area contributed by atoms with E-state index in [0.717, 1.165) is 30.4 Å². The Bertz CT molecular complexity index is 1120. The van der Waals surface area contributed by atoms with Crippen LogP contribution in [-0.4, -0.2) is 50.9 Å². The SMILES string of the molecule is CN(Cc1cccnc1)C(=O)c1ccc(C[C@@H]2CC[C@H]([C@H](O)c3ccc(C(N)=O)nc3)N2)cc1. The number of hydrogen-bond acceptors (Lipinski definition) is 6. The third-order valence-electron chi connectivity index (χ3n) is 6.21. The molecule has 1 aromatic carbocycles. The smallest absolute Gasteiger partial charge is 0.267 e. The first-order valence-electron chi connectivity index (χ1n) is 11.3. The minimum atomic E-state index is -0.713. The highest BCUT2D eigenvalue weighted by molar-refractivity contribution is 5.94. The Kier molecular flexibility index (Phi) is 7.30. The van der Waals surface area contributed by atoms with Crippen LogP contribution >= 0.6 is 0 Å². The predicted molar refractivity (Wildman–Crippen MR) is 128 cm³/mol. The van der Waals surface area contributed by atoms with Crippen LogP contribution in [-0.2, 0) is 13.0 Å². The summed E-state index contributed by atoms with van der Waals surface area (Å²) in [5, 5.41) is 14.2. The summed E-state index contributed by atoms with van der Waals surface area (Å²) in [5.74, 6) is -0.624. The van der Waals surface area contributed by atoms with Crippen LogP contribution in [0.3, 0.4) is 0 Å². The lowest BCUT2D eigenvalue weighted by molar-refractivity contribution is 0.0784. The van der Waals surface area contributed by atoms with E-state index >= 15 is 0 Å². The summed E-state index contributed by atoms with van der Waals surface area (Å²) in [4.78, 5) is 33.7. The first-order chi connectivity index (χ1) is 16.4. The van der Waals surface area contributed by atoms with Gasteiger partial charge in [-0.2, -0.15) is 0 Å². The summed E-state index contributed by atoms with van der Waals surface area (Å²) < 4.78 is 0. The van der Waals surface area contributed by atoms with Crippen molar-refractivity contribution in [2.45, 2.75) is 44.0 Å². The normalized spacial score (nSPS) is 18.4. The van der Waals surface area contributed by atoms with E-state index in [1.165, 1.54) is 12.3 Å². The van der Waals surface area contributed by atoms with Gasteiger partial charge in [0.05, 0.1) is 6.10 Å². The van der Waals surface area contributed by atoms with E-state index in [4.69, 9.17) is 5.73 Å². The number of nitrogens with one attached hydrogen (secondary N) is 1. The molecule has 0 bridgehead atoms. The fourth-order valence-electron chi connectivity index (χ4n) is 4.34. The summed E-state index contributed by atoms with van der Waals surface area (Å²) in [6.07, 6.45) is 6.84.